The number of para-hydroxylation sites is 1. The standard InChI is InChI=1S/C26H18FN5O3/c27-19-10-7-17-13-32(23(33)20(17)11-19)14-26(24(34)30-25(35)31-26)18-8-5-15(6-9-18)22-28-12-16-3-1-2-4-21(16)29-22/h1-13,33H,14H2,(H2,30,31,34,35). The number of carbonyl (C=O) groups is 2. The first-order valence-electron chi connectivity index (χ1n) is 10.9. The maximum Gasteiger partial charge on any atom is 0.322 e. The molecule has 0 aliphatic carbocycles. The fourth-order valence-corrected chi connectivity index (χ4v) is 4.51. The van der Waals surface area contributed by atoms with Crippen LogP contribution in [0.15, 0.2) is 79.1 Å². The maximum atomic E-state index is 13.7. The number of fused-ring (bicyclic) bond motifs is 2. The molecule has 0 saturated carbocycles. The molecule has 1 aliphatic heterocycles. The number of aromatic nitrogens is 3. The number of imide groups is 1. The molecule has 9 heteroatoms. The van der Waals surface area contributed by atoms with Gasteiger partial charge in [-0.05, 0) is 29.8 Å². The largest absolute Gasteiger partial charge is 0.494 e. The van der Waals surface area contributed by atoms with E-state index in [1.165, 1.54) is 16.7 Å². The predicted octanol–water partition coefficient (Wildman–Crippen LogP) is 3.83. The van der Waals surface area contributed by atoms with Crippen LogP contribution in [0.2, 0.25) is 0 Å². The maximum absolute atomic E-state index is 13.7. The topological polar surface area (TPSA) is 109 Å². The highest BCUT2D eigenvalue weighted by molar-refractivity contribution is 6.07. The average molecular weight is 467 g/mol. The summed E-state index contributed by atoms with van der Waals surface area (Å²) < 4.78 is 15.1. The number of carbonyl (C=O) groups excluding carboxylic acids is 2. The third-order valence-corrected chi connectivity index (χ3v) is 6.30. The highest BCUT2D eigenvalue weighted by Gasteiger charge is 2.48. The molecule has 1 atom stereocenters. The first-order valence-corrected chi connectivity index (χ1v) is 10.9. The zero-order valence-electron chi connectivity index (χ0n) is 18.2. The number of urea groups is 1. The molecule has 1 saturated heterocycles. The van der Waals surface area contributed by atoms with Crippen LogP contribution < -0.4 is 10.6 Å². The molecule has 3 N–H and O–H groups in total. The Morgan fingerprint density at radius 2 is 1.80 bits per heavy atom. The molecule has 0 spiro atoms. The molecule has 3 heterocycles. The lowest BCUT2D eigenvalue weighted by molar-refractivity contribution is -0.124. The van der Waals surface area contributed by atoms with Crippen molar-refractivity contribution in [3.63, 3.8) is 0 Å². The number of benzene rings is 3. The van der Waals surface area contributed by atoms with Crippen molar-refractivity contribution >= 4 is 33.6 Å². The molecule has 3 aromatic carbocycles. The predicted molar refractivity (Wildman–Crippen MR) is 127 cm³/mol. The average Bonchev–Trinajstić information content (AvgIpc) is 3.33. The smallest absolute Gasteiger partial charge is 0.322 e. The van der Waals surface area contributed by atoms with Gasteiger partial charge in [-0.3, -0.25) is 10.1 Å². The molecule has 0 bridgehead atoms. The number of hydrogen-bond acceptors (Lipinski definition) is 5. The second-order valence-electron chi connectivity index (χ2n) is 8.46. The summed E-state index contributed by atoms with van der Waals surface area (Å²) in [4.78, 5) is 34.2. The summed E-state index contributed by atoms with van der Waals surface area (Å²) in [7, 11) is 0. The Balaban J connectivity index is 1.40. The van der Waals surface area contributed by atoms with E-state index in [-0.39, 0.29) is 12.4 Å². The molecule has 5 aromatic rings. The van der Waals surface area contributed by atoms with Crippen molar-refractivity contribution in [3.05, 3.63) is 90.5 Å². The van der Waals surface area contributed by atoms with Gasteiger partial charge < -0.3 is 15.0 Å². The molecule has 172 valence electrons. The van der Waals surface area contributed by atoms with Gasteiger partial charge >= 0.3 is 6.03 Å². The molecule has 1 aliphatic rings. The lowest BCUT2D eigenvalue weighted by Crippen LogP contribution is -2.47. The summed E-state index contributed by atoms with van der Waals surface area (Å²) in [6.45, 7) is -0.0987. The molecule has 0 radical (unpaired) electrons. The van der Waals surface area contributed by atoms with E-state index in [0.29, 0.717) is 22.2 Å². The van der Waals surface area contributed by atoms with E-state index in [4.69, 9.17) is 0 Å². The Hall–Kier alpha value is -4.79. The van der Waals surface area contributed by atoms with Gasteiger partial charge in [0.05, 0.1) is 12.1 Å². The lowest BCUT2D eigenvalue weighted by Gasteiger charge is -2.27. The van der Waals surface area contributed by atoms with Crippen LogP contribution in [0, 0.1) is 5.82 Å². The molecule has 1 fully saturated rings. The van der Waals surface area contributed by atoms with Crippen molar-refractivity contribution in [2.75, 3.05) is 0 Å². The van der Waals surface area contributed by atoms with Gasteiger partial charge in [-0.25, -0.2) is 19.2 Å². The lowest BCUT2D eigenvalue weighted by atomic mass is 9.89. The molecule has 1 unspecified atom stereocenters. The van der Waals surface area contributed by atoms with Crippen LogP contribution in [-0.2, 0) is 16.9 Å². The van der Waals surface area contributed by atoms with Crippen LogP contribution in [0.25, 0.3) is 33.1 Å². The fraction of sp³-hybridized carbons (Fsp3) is 0.0769. The molecule has 6 rings (SSSR count). The second-order valence-corrected chi connectivity index (χ2v) is 8.46. The van der Waals surface area contributed by atoms with Gasteiger partial charge in [-0.2, -0.15) is 0 Å². The summed E-state index contributed by atoms with van der Waals surface area (Å²) >= 11 is 0. The van der Waals surface area contributed by atoms with Crippen molar-refractivity contribution in [2.45, 2.75) is 12.1 Å². The Kier molecular flexibility index (Phi) is 4.53. The molecule has 3 amide bonds. The van der Waals surface area contributed by atoms with Crippen LogP contribution in [0.4, 0.5) is 9.18 Å². The van der Waals surface area contributed by atoms with E-state index in [2.05, 4.69) is 20.6 Å². The third kappa shape index (κ3) is 3.36. The van der Waals surface area contributed by atoms with Crippen molar-refractivity contribution < 1.29 is 19.1 Å². The van der Waals surface area contributed by atoms with Crippen LogP contribution in [0.3, 0.4) is 0 Å². The van der Waals surface area contributed by atoms with Gasteiger partial charge in [-0.15, -0.1) is 0 Å². The van der Waals surface area contributed by atoms with Gasteiger partial charge in [0, 0.05) is 34.1 Å². The minimum Gasteiger partial charge on any atom is -0.494 e. The number of nitrogens with zero attached hydrogens (tertiary/aromatic N) is 3. The minimum atomic E-state index is -1.48. The monoisotopic (exact) mass is 467 g/mol. The number of hydrogen-bond donors (Lipinski definition) is 3. The normalized spacial score (nSPS) is 17.6. The van der Waals surface area contributed by atoms with Gasteiger partial charge in [0.25, 0.3) is 5.91 Å². The SMILES string of the molecule is O=C1NC(=O)C(Cn2cc3ccc(F)cc3c2O)(c2ccc(-c3ncc4ccccc4n3)cc2)N1. The highest BCUT2D eigenvalue weighted by atomic mass is 19.1. The minimum absolute atomic E-state index is 0.0987. The first-order chi connectivity index (χ1) is 16.9. The molecular formula is C26H18FN5O3. The molecule has 35 heavy (non-hydrogen) atoms. The Labute approximate surface area is 198 Å². The summed E-state index contributed by atoms with van der Waals surface area (Å²) in [6.07, 6.45) is 3.36. The van der Waals surface area contributed by atoms with E-state index in [1.807, 2.05) is 24.3 Å². The van der Waals surface area contributed by atoms with Crippen LogP contribution in [0.1, 0.15) is 5.56 Å². The zero-order chi connectivity index (χ0) is 24.2. The fourth-order valence-electron chi connectivity index (χ4n) is 4.51. The van der Waals surface area contributed by atoms with Gasteiger partial charge in [0.15, 0.2) is 17.2 Å². The third-order valence-electron chi connectivity index (χ3n) is 6.30. The van der Waals surface area contributed by atoms with E-state index in [1.54, 1.807) is 42.7 Å². The van der Waals surface area contributed by atoms with Crippen molar-refractivity contribution in [1.82, 2.24) is 25.2 Å². The van der Waals surface area contributed by atoms with Gasteiger partial charge in [0.1, 0.15) is 5.82 Å². The van der Waals surface area contributed by atoms with Crippen molar-refractivity contribution in [2.24, 2.45) is 0 Å². The summed E-state index contributed by atoms with van der Waals surface area (Å²) in [5.74, 6) is -0.714. The van der Waals surface area contributed by atoms with E-state index < -0.39 is 23.3 Å². The van der Waals surface area contributed by atoms with Gasteiger partial charge in [0.2, 0.25) is 0 Å². The first kappa shape index (κ1) is 20.8. The number of aromatic hydroxyl groups is 1. The molecule has 2 aromatic heterocycles. The molecule has 8 nitrogen and oxygen atoms in total. The van der Waals surface area contributed by atoms with E-state index in [0.717, 1.165) is 16.5 Å². The van der Waals surface area contributed by atoms with Gasteiger partial charge in [-0.1, -0.05) is 42.5 Å². The summed E-state index contributed by atoms with van der Waals surface area (Å²) in [6, 6.07) is 18.1. The van der Waals surface area contributed by atoms with Crippen LogP contribution in [-0.4, -0.2) is 31.6 Å². The highest BCUT2D eigenvalue weighted by Crippen LogP contribution is 2.34. The molecular weight excluding hydrogens is 449 g/mol. The van der Waals surface area contributed by atoms with Crippen LogP contribution in [0.5, 0.6) is 5.88 Å². The summed E-state index contributed by atoms with van der Waals surface area (Å²) in [5, 5.41) is 17.5. The van der Waals surface area contributed by atoms with Crippen molar-refractivity contribution in [1.29, 1.82) is 0 Å². The van der Waals surface area contributed by atoms with E-state index in [9.17, 15) is 19.1 Å². The van der Waals surface area contributed by atoms with E-state index >= 15 is 0 Å². The number of amides is 3. The summed E-state index contributed by atoms with van der Waals surface area (Å²) in [5.41, 5.74) is 0.579. The Bertz CT molecular complexity index is 1650. The van der Waals surface area contributed by atoms with Crippen molar-refractivity contribution in [3.8, 4) is 17.3 Å². The number of nitrogens with one attached hydrogen (secondary N) is 2. The quantitative estimate of drug-likeness (QED) is 0.348. The Morgan fingerprint density at radius 3 is 2.57 bits per heavy atom. The second kappa shape index (κ2) is 7.63. The Morgan fingerprint density at radius 1 is 1.00 bits per heavy atom. The van der Waals surface area contributed by atoms with Crippen LogP contribution >= 0.6 is 0 Å². The number of rotatable bonds is 4. The number of halogens is 1. The zero-order valence-corrected chi connectivity index (χ0v) is 18.2.